The van der Waals surface area contributed by atoms with Crippen LogP contribution in [0.3, 0.4) is 0 Å². The minimum absolute atomic E-state index is 0.185. The summed E-state index contributed by atoms with van der Waals surface area (Å²) in [6.07, 6.45) is 11.3. The van der Waals surface area contributed by atoms with Gasteiger partial charge in [-0.25, -0.2) is 0 Å². The van der Waals surface area contributed by atoms with Crippen LogP contribution in [0.1, 0.15) is 60.9 Å². The number of Topliss-reactive ketones (excluding diaryl/α,β-unsaturated/α-hetero) is 1. The van der Waals surface area contributed by atoms with Gasteiger partial charge in [0, 0.05) is 36.1 Å². The van der Waals surface area contributed by atoms with E-state index in [2.05, 4.69) is 39.9 Å². The zero-order valence-corrected chi connectivity index (χ0v) is 16.9. The molecule has 0 radical (unpaired) electrons. The van der Waals surface area contributed by atoms with Gasteiger partial charge in [-0.05, 0) is 74.8 Å². The summed E-state index contributed by atoms with van der Waals surface area (Å²) in [6.45, 7) is 1.93. The summed E-state index contributed by atoms with van der Waals surface area (Å²) >= 11 is 0. The van der Waals surface area contributed by atoms with Crippen molar-refractivity contribution in [3.05, 3.63) is 41.6 Å². The van der Waals surface area contributed by atoms with E-state index < -0.39 is 0 Å². The average Bonchev–Trinajstić information content (AvgIpc) is 3.61. The van der Waals surface area contributed by atoms with E-state index in [0.717, 1.165) is 80.2 Å². The Morgan fingerprint density at radius 1 is 1.14 bits per heavy atom. The Morgan fingerprint density at radius 3 is 2.69 bits per heavy atom. The second kappa shape index (κ2) is 7.88. The topological polar surface area (TPSA) is 80.0 Å². The monoisotopic (exact) mass is 390 g/mol. The van der Waals surface area contributed by atoms with E-state index in [1.807, 2.05) is 0 Å². The van der Waals surface area contributed by atoms with Gasteiger partial charge in [-0.1, -0.05) is 12.1 Å². The predicted molar refractivity (Wildman–Crippen MR) is 118 cm³/mol. The first kappa shape index (κ1) is 18.8. The molecule has 0 bridgehead atoms. The number of carbonyl (C=O) groups is 1. The molecular formula is C24H30N4O. The highest BCUT2D eigenvalue weighted by molar-refractivity contribution is 6.10. The Balaban J connectivity index is 1.57. The molecule has 0 atom stereocenters. The normalized spacial score (nSPS) is 24.9. The van der Waals surface area contributed by atoms with Crippen molar-refractivity contribution in [3.8, 4) is 0 Å². The molecule has 5 rings (SSSR count). The first-order chi connectivity index (χ1) is 14.2. The lowest BCUT2D eigenvalue weighted by Gasteiger charge is -2.29. The Labute approximate surface area is 172 Å². The molecule has 0 unspecified atom stereocenters. The number of carbonyl (C=O) groups excluding carboxylic acids is 1. The Kier molecular flexibility index (Phi) is 5.10. The molecule has 1 aromatic carbocycles. The molecule has 5 nitrogen and oxygen atoms in total. The van der Waals surface area contributed by atoms with Gasteiger partial charge < -0.3 is 16.4 Å². The fourth-order valence-corrected chi connectivity index (χ4v) is 4.65. The summed E-state index contributed by atoms with van der Waals surface area (Å²) in [6, 6.07) is 7.18. The van der Waals surface area contributed by atoms with Gasteiger partial charge in [-0.3, -0.25) is 9.78 Å². The first-order valence-electron chi connectivity index (χ1n) is 11.1. The number of pyridine rings is 1. The second-order valence-corrected chi connectivity index (χ2v) is 8.86. The molecule has 5 heteroatoms. The fraction of sp³-hybridized carbons (Fsp3) is 0.500. The van der Waals surface area contributed by atoms with Crippen molar-refractivity contribution in [1.29, 1.82) is 0 Å². The lowest BCUT2D eigenvalue weighted by molar-refractivity contribution is 0.0968. The number of nitrogens with two attached hydrogens (primary N) is 1. The number of hydrogen-bond acceptors (Lipinski definition) is 5. The maximum absolute atomic E-state index is 13.0. The van der Waals surface area contributed by atoms with Crippen LogP contribution in [0.5, 0.6) is 0 Å². The zero-order chi connectivity index (χ0) is 19.8. The number of nitrogens with zero attached hydrogens (tertiary/aromatic N) is 1. The molecule has 2 saturated carbocycles. The summed E-state index contributed by atoms with van der Waals surface area (Å²) in [7, 11) is 0. The molecule has 1 aliphatic heterocycles. The van der Waals surface area contributed by atoms with E-state index >= 15 is 0 Å². The largest absolute Gasteiger partial charge is 0.381 e. The van der Waals surface area contributed by atoms with Gasteiger partial charge in [0.1, 0.15) is 0 Å². The second-order valence-electron chi connectivity index (χ2n) is 8.86. The fourth-order valence-electron chi connectivity index (χ4n) is 4.65. The van der Waals surface area contributed by atoms with Crippen LogP contribution in [0.4, 0.5) is 5.69 Å². The van der Waals surface area contributed by atoms with Crippen molar-refractivity contribution < 1.29 is 4.79 Å². The van der Waals surface area contributed by atoms with E-state index in [1.165, 1.54) is 11.1 Å². The van der Waals surface area contributed by atoms with Crippen molar-refractivity contribution in [3.63, 3.8) is 0 Å². The number of benzene rings is 1. The van der Waals surface area contributed by atoms with E-state index in [1.54, 1.807) is 6.20 Å². The summed E-state index contributed by atoms with van der Waals surface area (Å²) in [4.78, 5) is 17.7. The van der Waals surface area contributed by atoms with E-state index in [4.69, 9.17) is 5.73 Å². The molecule has 3 aliphatic rings. The maximum Gasteiger partial charge on any atom is 0.169 e. The third-order valence-corrected chi connectivity index (χ3v) is 6.64. The van der Waals surface area contributed by atoms with Crippen LogP contribution in [0.25, 0.3) is 16.5 Å². The number of anilines is 1. The molecule has 2 fully saturated rings. The lowest BCUT2D eigenvalue weighted by Crippen LogP contribution is -2.33. The number of aromatic nitrogens is 1. The molecular weight excluding hydrogens is 360 g/mol. The van der Waals surface area contributed by atoms with Gasteiger partial charge >= 0.3 is 0 Å². The van der Waals surface area contributed by atoms with Crippen LogP contribution >= 0.6 is 0 Å². The van der Waals surface area contributed by atoms with Crippen molar-refractivity contribution in [2.24, 2.45) is 11.7 Å². The van der Waals surface area contributed by atoms with Crippen LogP contribution in [0.2, 0.25) is 0 Å². The minimum Gasteiger partial charge on any atom is -0.381 e. The number of hydrogen-bond donors (Lipinski definition) is 3. The van der Waals surface area contributed by atoms with E-state index in [0.29, 0.717) is 12.1 Å². The number of nitrogens with one attached hydrogen (secondary N) is 2. The average molecular weight is 391 g/mol. The molecule has 4 N–H and O–H groups in total. The van der Waals surface area contributed by atoms with Crippen LogP contribution < -0.4 is 16.4 Å². The maximum atomic E-state index is 13.0. The van der Waals surface area contributed by atoms with Crippen LogP contribution in [0, 0.1) is 5.92 Å². The number of rotatable bonds is 5. The van der Waals surface area contributed by atoms with Gasteiger partial charge in [0.05, 0.1) is 16.8 Å². The summed E-state index contributed by atoms with van der Waals surface area (Å²) < 4.78 is 0. The standard InChI is InChI=1S/C24H30N4O/c25-18-4-6-19(7-5-18)28-23-20-13-17(15-9-11-26-12-10-15)3-8-22(20)27-14-21(23)24(29)16-1-2-16/h3,8-9,13-14,16,18-19,26H,1-2,4-7,10-12,25H2,(H,27,28). The van der Waals surface area contributed by atoms with Crippen molar-refractivity contribution >= 4 is 27.9 Å². The number of fused-ring (bicyclic) bond motifs is 1. The molecule has 2 aromatic rings. The van der Waals surface area contributed by atoms with Gasteiger partial charge in [-0.15, -0.1) is 0 Å². The molecule has 2 aliphatic carbocycles. The van der Waals surface area contributed by atoms with Gasteiger partial charge in [0.25, 0.3) is 0 Å². The van der Waals surface area contributed by atoms with Gasteiger partial charge in [0.2, 0.25) is 0 Å². The van der Waals surface area contributed by atoms with Gasteiger partial charge in [0.15, 0.2) is 5.78 Å². The van der Waals surface area contributed by atoms with Crippen LogP contribution in [0.15, 0.2) is 30.5 Å². The molecule has 0 amide bonds. The molecule has 1 aromatic heterocycles. The summed E-state index contributed by atoms with van der Waals surface area (Å²) in [5.74, 6) is 0.436. The molecule has 0 spiro atoms. The summed E-state index contributed by atoms with van der Waals surface area (Å²) in [5.41, 5.74) is 11.4. The highest BCUT2D eigenvalue weighted by Crippen LogP contribution is 2.38. The Morgan fingerprint density at radius 2 is 1.97 bits per heavy atom. The van der Waals surface area contributed by atoms with Crippen molar-refractivity contribution in [2.75, 3.05) is 18.4 Å². The molecule has 29 heavy (non-hydrogen) atoms. The minimum atomic E-state index is 0.185. The van der Waals surface area contributed by atoms with E-state index in [9.17, 15) is 4.79 Å². The molecule has 152 valence electrons. The predicted octanol–water partition coefficient (Wildman–Crippen LogP) is 3.89. The first-order valence-corrected chi connectivity index (χ1v) is 11.1. The number of ketones is 1. The zero-order valence-electron chi connectivity index (χ0n) is 16.9. The third-order valence-electron chi connectivity index (χ3n) is 6.64. The highest BCUT2D eigenvalue weighted by Gasteiger charge is 2.33. The Bertz CT molecular complexity index is 955. The molecule has 0 saturated heterocycles. The summed E-state index contributed by atoms with van der Waals surface area (Å²) in [5, 5.41) is 8.21. The third kappa shape index (κ3) is 3.94. The quantitative estimate of drug-likeness (QED) is 0.675. The Hall–Kier alpha value is -2.24. The highest BCUT2D eigenvalue weighted by atomic mass is 16.1. The smallest absolute Gasteiger partial charge is 0.169 e. The van der Waals surface area contributed by atoms with E-state index in [-0.39, 0.29) is 11.7 Å². The SMILES string of the molecule is NC1CCC(Nc2c(C(=O)C3CC3)cnc3ccc(C4=CCNCC4)cc23)CC1. The molecule has 2 heterocycles. The van der Waals surface area contributed by atoms with Crippen molar-refractivity contribution in [1.82, 2.24) is 10.3 Å². The van der Waals surface area contributed by atoms with Crippen LogP contribution in [-0.4, -0.2) is 35.9 Å². The van der Waals surface area contributed by atoms with Crippen LogP contribution in [-0.2, 0) is 0 Å². The van der Waals surface area contributed by atoms with Gasteiger partial charge in [-0.2, -0.15) is 0 Å². The van der Waals surface area contributed by atoms with Crippen molar-refractivity contribution in [2.45, 2.75) is 57.0 Å². The lowest BCUT2D eigenvalue weighted by atomic mass is 9.90.